The lowest BCUT2D eigenvalue weighted by Gasteiger charge is -2.10. The molecule has 9 heteroatoms. The molecule has 0 aliphatic carbocycles. The van der Waals surface area contributed by atoms with Crippen molar-refractivity contribution in [1.82, 2.24) is 24.5 Å². The van der Waals surface area contributed by atoms with Gasteiger partial charge in [0.15, 0.2) is 10.7 Å². The third-order valence-electron chi connectivity index (χ3n) is 4.27. The molecule has 0 aliphatic heterocycles. The van der Waals surface area contributed by atoms with Crippen LogP contribution in [-0.2, 0) is 13.6 Å². The third kappa shape index (κ3) is 3.65. The number of carbonyl (C=O) groups excluding carboxylic acids is 2. The fourth-order valence-electron chi connectivity index (χ4n) is 2.75. The number of nitrogens with zero attached hydrogens (tertiary/aromatic N) is 4. The number of anilines is 1. The SMILES string of the molecule is Cc1ccc(C(=O)NCc2cn3ccsc3n2)cc1NC(=O)c1ccn(C)n1. The Balaban J connectivity index is 1.45. The highest BCUT2D eigenvalue weighted by Gasteiger charge is 2.13. The second kappa shape index (κ2) is 7.28. The molecule has 0 unspecified atom stereocenters. The van der Waals surface area contributed by atoms with Gasteiger partial charge in [0.1, 0.15) is 0 Å². The van der Waals surface area contributed by atoms with E-state index in [2.05, 4.69) is 20.7 Å². The van der Waals surface area contributed by atoms with Crippen molar-refractivity contribution in [2.75, 3.05) is 5.32 Å². The first-order valence-electron chi connectivity index (χ1n) is 8.60. The molecule has 2 N–H and O–H groups in total. The maximum Gasteiger partial charge on any atom is 0.276 e. The van der Waals surface area contributed by atoms with Crippen molar-refractivity contribution < 1.29 is 9.59 Å². The van der Waals surface area contributed by atoms with Crippen LogP contribution in [0.2, 0.25) is 0 Å². The van der Waals surface area contributed by atoms with Crippen molar-refractivity contribution in [2.24, 2.45) is 7.05 Å². The minimum atomic E-state index is -0.320. The van der Waals surface area contributed by atoms with E-state index in [0.717, 1.165) is 16.2 Å². The van der Waals surface area contributed by atoms with Crippen molar-refractivity contribution in [3.05, 3.63) is 70.8 Å². The van der Waals surface area contributed by atoms with Crippen LogP contribution in [0.3, 0.4) is 0 Å². The second-order valence-corrected chi connectivity index (χ2v) is 7.24. The number of hydrogen-bond acceptors (Lipinski definition) is 5. The van der Waals surface area contributed by atoms with E-state index >= 15 is 0 Å². The summed E-state index contributed by atoms with van der Waals surface area (Å²) in [7, 11) is 1.75. The van der Waals surface area contributed by atoms with E-state index in [0.29, 0.717) is 23.5 Å². The Labute approximate surface area is 164 Å². The van der Waals surface area contributed by atoms with Gasteiger partial charge in [-0.2, -0.15) is 5.10 Å². The Morgan fingerprint density at radius 2 is 2.04 bits per heavy atom. The summed E-state index contributed by atoms with van der Waals surface area (Å²) >= 11 is 1.54. The predicted octanol–water partition coefficient (Wildman–Crippen LogP) is 2.62. The molecule has 0 radical (unpaired) electrons. The molecule has 0 saturated carbocycles. The molecule has 0 bridgehead atoms. The zero-order valence-electron chi connectivity index (χ0n) is 15.3. The number of hydrogen-bond donors (Lipinski definition) is 2. The van der Waals surface area contributed by atoms with Crippen LogP contribution in [-0.4, -0.2) is 31.0 Å². The van der Waals surface area contributed by atoms with E-state index < -0.39 is 0 Å². The third-order valence-corrected chi connectivity index (χ3v) is 5.04. The molecule has 1 aromatic carbocycles. The maximum atomic E-state index is 12.5. The van der Waals surface area contributed by atoms with E-state index in [4.69, 9.17) is 0 Å². The molecule has 142 valence electrons. The molecular formula is C19H18N6O2S. The van der Waals surface area contributed by atoms with Crippen LogP contribution >= 0.6 is 11.3 Å². The number of imidazole rings is 1. The summed E-state index contributed by atoms with van der Waals surface area (Å²) in [5, 5.41) is 11.7. The summed E-state index contributed by atoms with van der Waals surface area (Å²) in [6.07, 6.45) is 5.51. The number of benzene rings is 1. The molecule has 0 saturated heterocycles. The number of carbonyl (C=O) groups is 2. The van der Waals surface area contributed by atoms with Crippen LogP contribution < -0.4 is 10.6 Å². The number of fused-ring (bicyclic) bond motifs is 1. The summed E-state index contributed by atoms with van der Waals surface area (Å²) < 4.78 is 3.48. The molecule has 3 aromatic heterocycles. The Bertz CT molecular complexity index is 1140. The van der Waals surface area contributed by atoms with E-state index in [1.807, 2.05) is 29.1 Å². The van der Waals surface area contributed by atoms with E-state index in [1.165, 1.54) is 11.3 Å². The van der Waals surface area contributed by atoms with Crippen LogP contribution in [0.15, 0.2) is 48.2 Å². The molecule has 4 rings (SSSR count). The van der Waals surface area contributed by atoms with Crippen LogP contribution in [0.4, 0.5) is 5.69 Å². The highest BCUT2D eigenvalue weighted by molar-refractivity contribution is 7.15. The van der Waals surface area contributed by atoms with Gasteiger partial charge in [0.2, 0.25) is 0 Å². The molecular weight excluding hydrogens is 376 g/mol. The van der Waals surface area contributed by atoms with Crippen molar-refractivity contribution in [2.45, 2.75) is 13.5 Å². The summed E-state index contributed by atoms with van der Waals surface area (Å²) in [4.78, 5) is 30.2. The smallest absolute Gasteiger partial charge is 0.276 e. The van der Waals surface area contributed by atoms with Gasteiger partial charge in [-0.15, -0.1) is 11.3 Å². The van der Waals surface area contributed by atoms with Crippen molar-refractivity contribution >= 4 is 33.8 Å². The second-order valence-electron chi connectivity index (χ2n) is 6.37. The average molecular weight is 394 g/mol. The van der Waals surface area contributed by atoms with Gasteiger partial charge in [-0.3, -0.25) is 18.7 Å². The van der Waals surface area contributed by atoms with Crippen molar-refractivity contribution in [3.63, 3.8) is 0 Å². The van der Waals surface area contributed by atoms with Crippen LogP contribution in [0, 0.1) is 6.92 Å². The van der Waals surface area contributed by atoms with Gasteiger partial charge in [-0.05, 0) is 30.7 Å². The molecule has 0 fully saturated rings. The highest BCUT2D eigenvalue weighted by atomic mass is 32.1. The number of thiazole rings is 1. The van der Waals surface area contributed by atoms with Crippen LogP contribution in [0.25, 0.3) is 4.96 Å². The summed E-state index contributed by atoms with van der Waals surface area (Å²) in [6.45, 7) is 2.20. The monoisotopic (exact) mass is 394 g/mol. The zero-order valence-corrected chi connectivity index (χ0v) is 16.2. The van der Waals surface area contributed by atoms with Gasteiger partial charge < -0.3 is 10.6 Å². The first-order valence-corrected chi connectivity index (χ1v) is 9.48. The Morgan fingerprint density at radius 1 is 1.18 bits per heavy atom. The Morgan fingerprint density at radius 3 is 2.79 bits per heavy atom. The maximum absolute atomic E-state index is 12.5. The minimum Gasteiger partial charge on any atom is -0.346 e. The fourth-order valence-corrected chi connectivity index (χ4v) is 3.47. The number of aromatic nitrogens is 4. The lowest BCUT2D eigenvalue weighted by molar-refractivity contribution is 0.0949. The molecule has 8 nitrogen and oxygen atoms in total. The zero-order chi connectivity index (χ0) is 19.7. The molecule has 0 spiro atoms. The molecule has 3 heterocycles. The average Bonchev–Trinajstić information content (AvgIpc) is 3.37. The van der Waals surface area contributed by atoms with Crippen molar-refractivity contribution in [3.8, 4) is 0 Å². The summed E-state index contributed by atoms with van der Waals surface area (Å²) in [5.74, 6) is -0.552. The van der Waals surface area contributed by atoms with Crippen LogP contribution in [0.5, 0.6) is 0 Å². The van der Waals surface area contributed by atoms with Gasteiger partial charge in [-0.1, -0.05) is 6.07 Å². The summed E-state index contributed by atoms with van der Waals surface area (Å²) in [5.41, 5.74) is 3.00. The quantitative estimate of drug-likeness (QED) is 0.544. The molecule has 4 aromatic rings. The summed E-state index contributed by atoms with van der Waals surface area (Å²) in [6, 6.07) is 6.83. The first kappa shape index (κ1) is 17.9. The number of rotatable bonds is 5. The lowest BCUT2D eigenvalue weighted by Crippen LogP contribution is -2.23. The van der Waals surface area contributed by atoms with Gasteiger partial charge in [-0.25, -0.2) is 4.98 Å². The van der Waals surface area contributed by atoms with Crippen molar-refractivity contribution in [1.29, 1.82) is 0 Å². The minimum absolute atomic E-state index is 0.232. The van der Waals surface area contributed by atoms with E-state index in [1.54, 1.807) is 42.2 Å². The van der Waals surface area contributed by atoms with Gasteiger partial charge in [0, 0.05) is 42.3 Å². The normalized spacial score (nSPS) is 10.9. The number of nitrogens with one attached hydrogen (secondary N) is 2. The largest absolute Gasteiger partial charge is 0.346 e. The fraction of sp³-hybridized carbons (Fsp3) is 0.158. The van der Waals surface area contributed by atoms with Gasteiger partial charge in [0.25, 0.3) is 11.8 Å². The van der Waals surface area contributed by atoms with E-state index in [9.17, 15) is 9.59 Å². The molecule has 28 heavy (non-hydrogen) atoms. The Hall–Kier alpha value is -3.46. The molecule has 0 aliphatic rings. The number of amides is 2. The van der Waals surface area contributed by atoms with Crippen LogP contribution in [0.1, 0.15) is 32.1 Å². The molecule has 0 atom stereocenters. The topological polar surface area (TPSA) is 93.3 Å². The lowest BCUT2D eigenvalue weighted by atomic mass is 10.1. The standard InChI is InChI=1S/C19H18N6O2S/c1-12-3-4-13(9-16(12)22-18(27)15-5-6-24(2)23-15)17(26)20-10-14-11-25-7-8-28-19(25)21-14/h3-9,11H,10H2,1-2H3,(H,20,26)(H,22,27). The Kier molecular flexibility index (Phi) is 4.66. The number of aryl methyl sites for hydroxylation is 2. The molecule has 2 amide bonds. The highest BCUT2D eigenvalue weighted by Crippen LogP contribution is 2.18. The predicted molar refractivity (Wildman–Crippen MR) is 107 cm³/mol. The van der Waals surface area contributed by atoms with Gasteiger partial charge >= 0.3 is 0 Å². The van der Waals surface area contributed by atoms with Gasteiger partial charge in [0.05, 0.1) is 12.2 Å². The van der Waals surface area contributed by atoms with E-state index in [-0.39, 0.29) is 11.8 Å². The first-order chi connectivity index (χ1) is 13.5.